The predicted octanol–water partition coefficient (Wildman–Crippen LogP) is 3.35. The van der Waals surface area contributed by atoms with Crippen molar-refractivity contribution in [1.29, 1.82) is 0 Å². The van der Waals surface area contributed by atoms with Crippen LogP contribution < -0.4 is 5.32 Å². The maximum absolute atomic E-state index is 12.2. The Morgan fingerprint density at radius 3 is 2.74 bits per heavy atom. The van der Waals surface area contributed by atoms with Crippen LogP contribution >= 0.6 is 27.5 Å². The zero-order valence-electron chi connectivity index (χ0n) is 11.4. The zero-order valence-corrected chi connectivity index (χ0v) is 13.8. The Morgan fingerprint density at radius 1 is 1.47 bits per heavy atom. The summed E-state index contributed by atoms with van der Waals surface area (Å²) in [6, 6.07) is 0. The van der Waals surface area contributed by atoms with E-state index in [-0.39, 0.29) is 17.2 Å². The minimum absolute atomic E-state index is 0.0223. The minimum Gasteiger partial charge on any atom is -0.351 e. The number of hydrogen-bond donors (Lipinski definition) is 1. The molecule has 4 nitrogen and oxygen atoms in total. The van der Waals surface area contributed by atoms with Gasteiger partial charge in [0, 0.05) is 11.9 Å². The fraction of sp³-hybridized carbons (Fsp3) is 0.769. The van der Waals surface area contributed by atoms with Crippen molar-refractivity contribution in [1.82, 2.24) is 14.9 Å². The molecule has 2 rings (SSSR count). The standard InChI is InChI=1S/C13H20BrN3OS/c1-9(2)10-11(19-17-16-10)12(18)15-8-13(7-14)5-3-4-6-13/h9H,3-8H2,1-2H3,(H,15,18). The third kappa shape index (κ3) is 3.34. The van der Waals surface area contributed by atoms with Crippen molar-refractivity contribution in [3.8, 4) is 0 Å². The molecule has 0 spiro atoms. The van der Waals surface area contributed by atoms with Gasteiger partial charge >= 0.3 is 0 Å². The first-order chi connectivity index (χ1) is 9.08. The lowest BCUT2D eigenvalue weighted by Gasteiger charge is -2.26. The van der Waals surface area contributed by atoms with E-state index in [0.29, 0.717) is 4.88 Å². The first-order valence-corrected chi connectivity index (χ1v) is 8.64. The normalized spacial score (nSPS) is 17.9. The summed E-state index contributed by atoms with van der Waals surface area (Å²) in [5, 5.41) is 8.08. The van der Waals surface area contributed by atoms with Gasteiger partial charge in [0.05, 0.1) is 5.69 Å². The van der Waals surface area contributed by atoms with E-state index in [1.807, 2.05) is 13.8 Å². The van der Waals surface area contributed by atoms with Gasteiger partial charge in [-0.1, -0.05) is 47.1 Å². The van der Waals surface area contributed by atoms with Gasteiger partial charge in [0.25, 0.3) is 5.91 Å². The average Bonchev–Trinajstić information content (AvgIpc) is 3.05. The van der Waals surface area contributed by atoms with Gasteiger partial charge in [-0.25, -0.2) is 0 Å². The molecule has 1 aliphatic carbocycles. The number of alkyl halides is 1. The van der Waals surface area contributed by atoms with Gasteiger partial charge in [-0.2, -0.15) is 0 Å². The van der Waals surface area contributed by atoms with Crippen LogP contribution in [0.3, 0.4) is 0 Å². The van der Waals surface area contributed by atoms with Crippen molar-refractivity contribution in [2.45, 2.75) is 45.4 Å². The maximum atomic E-state index is 12.2. The molecule has 1 heterocycles. The number of rotatable bonds is 5. The highest BCUT2D eigenvalue weighted by molar-refractivity contribution is 9.09. The number of nitrogens with zero attached hydrogens (tertiary/aromatic N) is 2. The van der Waals surface area contributed by atoms with Crippen LogP contribution in [0, 0.1) is 5.41 Å². The molecular weight excluding hydrogens is 326 g/mol. The van der Waals surface area contributed by atoms with Gasteiger partial charge in [0.1, 0.15) is 4.88 Å². The number of hydrogen-bond acceptors (Lipinski definition) is 4. The Kier molecular flexibility index (Phi) is 4.95. The molecule has 0 bridgehead atoms. The van der Waals surface area contributed by atoms with Gasteiger partial charge < -0.3 is 5.32 Å². The quantitative estimate of drug-likeness (QED) is 0.832. The molecule has 0 unspecified atom stereocenters. The lowest BCUT2D eigenvalue weighted by molar-refractivity contribution is 0.0938. The van der Waals surface area contributed by atoms with Gasteiger partial charge in [0.2, 0.25) is 0 Å². The fourth-order valence-corrected chi connectivity index (χ4v) is 4.06. The highest BCUT2D eigenvalue weighted by Crippen LogP contribution is 2.39. The number of amides is 1. The molecule has 0 saturated heterocycles. The molecule has 1 aromatic heterocycles. The molecule has 1 amide bonds. The molecule has 0 aromatic carbocycles. The number of carbonyl (C=O) groups excluding carboxylic acids is 1. The lowest BCUT2D eigenvalue weighted by atomic mass is 9.89. The fourth-order valence-electron chi connectivity index (χ4n) is 2.56. The van der Waals surface area contributed by atoms with Crippen LogP contribution in [0.2, 0.25) is 0 Å². The van der Waals surface area contributed by atoms with Gasteiger partial charge in [0.15, 0.2) is 0 Å². The van der Waals surface area contributed by atoms with Crippen molar-refractivity contribution in [3.63, 3.8) is 0 Å². The maximum Gasteiger partial charge on any atom is 0.264 e. The number of nitrogens with one attached hydrogen (secondary N) is 1. The van der Waals surface area contributed by atoms with E-state index in [9.17, 15) is 4.79 Å². The van der Waals surface area contributed by atoms with Crippen molar-refractivity contribution >= 4 is 33.4 Å². The Labute approximate surface area is 126 Å². The molecule has 1 N–H and O–H groups in total. The summed E-state index contributed by atoms with van der Waals surface area (Å²) >= 11 is 4.79. The van der Waals surface area contributed by atoms with Crippen LogP contribution in [0.1, 0.15) is 60.8 Å². The summed E-state index contributed by atoms with van der Waals surface area (Å²) in [5.41, 5.74) is 1.05. The minimum atomic E-state index is -0.0223. The van der Waals surface area contributed by atoms with Crippen LogP contribution in [0.25, 0.3) is 0 Å². The SMILES string of the molecule is CC(C)c1nnsc1C(=O)NCC1(CBr)CCCC1. The molecule has 106 valence electrons. The van der Waals surface area contributed by atoms with Crippen molar-refractivity contribution in [2.75, 3.05) is 11.9 Å². The van der Waals surface area contributed by atoms with E-state index in [1.165, 1.54) is 37.2 Å². The Morgan fingerprint density at radius 2 is 2.16 bits per heavy atom. The summed E-state index contributed by atoms with van der Waals surface area (Å²) in [4.78, 5) is 12.9. The van der Waals surface area contributed by atoms with Crippen molar-refractivity contribution in [3.05, 3.63) is 10.6 Å². The Hall–Kier alpha value is -0.490. The molecule has 1 saturated carbocycles. The second-order valence-electron chi connectivity index (χ2n) is 5.67. The van der Waals surface area contributed by atoms with Crippen molar-refractivity contribution < 1.29 is 4.79 Å². The van der Waals surface area contributed by atoms with E-state index >= 15 is 0 Å². The molecule has 1 aliphatic rings. The number of carbonyl (C=O) groups is 1. The van der Waals surface area contributed by atoms with Gasteiger partial charge in [-0.05, 0) is 35.7 Å². The molecule has 0 atom stereocenters. The molecule has 19 heavy (non-hydrogen) atoms. The largest absolute Gasteiger partial charge is 0.351 e. The molecule has 6 heteroatoms. The topological polar surface area (TPSA) is 54.9 Å². The third-order valence-electron chi connectivity index (χ3n) is 3.84. The zero-order chi connectivity index (χ0) is 13.9. The van der Waals surface area contributed by atoms with E-state index in [1.54, 1.807) is 0 Å². The summed E-state index contributed by atoms with van der Waals surface area (Å²) < 4.78 is 3.90. The van der Waals surface area contributed by atoms with E-state index in [2.05, 4.69) is 30.8 Å². The molecule has 1 aromatic rings. The smallest absolute Gasteiger partial charge is 0.264 e. The second kappa shape index (κ2) is 6.31. The first-order valence-electron chi connectivity index (χ1n) is 6.74. The Bertz CT molecular complexity index is 441. The molecular formula is C13H20BrN3OS. The third-order valence-corrected chi connectivity index (χ3v) is 5.77. The highest BCUT2D eigenvalue weighted by Gasteiger charge is 2.33. The first kappa shape index (κ1) is 14.9. The van der Waals surface area contributed by atoms with Crippen LogP contribution in [-0.4, -0.2) is 27.4 Å². The van der Waals surface area contributed by atoms with E-state index < -0.39 is 0 Å². The molecule has 0 radical (unpaired) electrons. The summed E-state index contributed by atoms with van der Waals surface area (Å²) in [6.07, 6.45) is 4.91. The summed E-state index contributed by atoms with van der Waals surface area (Å²) in [6.45, 7) is 4.81. The monoisotopic (exact) mass is 345 g/mol. The number of aromatic nitrogens is 2. The predicted molar refractivity (Wildman–Crippen MR) is 81.0 cm³/mol. The van der Waals surface area contributed by atoms with E-state index in [0.717, 1.165) is 17.6 Å². The van der Waals surface area contributed by atoms with Crippen LogP contribution in [0.15, 0.2) is 0 Å². The summed E-state index contributed by atoms with van der Waals surface area (Å²) in [5.74, 6) is 0.210. The molecule has 0 aliphatic heterocycles. The van der Waals surface area contributed by atoms with Crippen LogP contribution in [0.5, 0.6) is 0 Å². The highest BCUT2D eigenvalue weighted by atomic mass is 79.9. The Balaban J connectivity index is 1.99. The van der Waals surface area contributed by atoms with Crippen LogP contribution in [-0.2, 0) is 0 Å². The number of halogens is 1. The average molecular weight is 346 g/mol. The second-order valence-corrected chi connectivity index (χ2v) is 6.98. The van der Waals surface area contributed by atoms with Gasteiger partial charge in [-0.3, -0.25) is 4.79 Å². The van der Waals surface area contributed by atoms with E-state index in [4.69, 9.17) is 0 Å². The molecule has 1 fully saturated rings. The van der Waals surface area contributed by atoms with Crippen molar-refractivity contribution in [2.24, 2.45) is 5.41 Å². The van der Waals surface area contributed by atoms with Crippen LogP contribution in [0.4, 0.5) is 0 Å². The lowest BCUT2D eigenvalue weighted by Crippen LogP contribution is -2.37. The van der Waals surface area contributed by atoms with Gasteiger partial charge in [-0.15, -0.1) is 5.10 Å². The summed E-state index contributed by atoms with van der Waals surface area (Å²) in [7, 11) is 0.